The van der Waals surface area contributed by atoms with Gasteiger partial charge >= 0.3 is 0 Å². The Labute approximate surface area is 177 Å². The summed E-state index contributed by atoms with van der Waals surface area (Å²) in [6.07, 6.45) is 6.07. The lowest BCUT2D eigenvalue weighted by atomic mass is 9.96. The number of hydrogen-bond acceptors (Lipinski definition) is 4. The van der Waals surface area contributed by atoms with Gasteiger partial charge in [-0.2, -0.15) is 0 Å². The summed E-state index contributed by atoms with van der Waals surface area (Å²) in [4.78, 5) is 18.1. The fourth-order valence-electron chi connectivity index (χ4n) is 3.12. The van der Waals surface area contributed by atoms with Gasteiger partial charge in [0.25, 0.3) is 0 Å². The topological polar surface area (TPSA) is 75.2 Å². The molecule has 27 heavy (non-hydrogen) atoms. The van der Waals surface area contributed by atoms with E-state index in [2.05, 4.69) is 15.6 Å². The minimum absolute atomic E-state index is 0. The molecular formula is C19H29IN4O3. The van der Waals surface area contributed by atoms with E-state index in [4.69, 9.17) is 9.47 Å². The average Bonchev–Trinajstić information content (AvgIpc) is 3.12. The highest BCUT2D eigenvalue weighted by Crippen LogP contribution is 2.32. The number of nitrogens with zero attached hydrogens (tertiary/aromatic N) is 2. The molecule has 1 heterocycles. The van der Waals surface area contributed by atoms with Crippen LogP contribution in [0.3, 0.4) is 0 Å². The molecule has 2 N–H and O–H groups in total. The summed E-state index contributed by atoms with van der Waals surface area (Å²) in [6.45, 7) is 1.01. The molecule has 0 aromatic heterocycles. The Morgan fingerprint density at radius 1 is 1.19 bits per heavy atom. The second-order valence-corrected chi connectivity index (χ2v) is 6.97. The predicted octanol–water partition coefficient (Wildman–Crippen LogP) is 2.49. The molecule has 1 aromatic rings. The van der Waals surface area contributed by atoms with Gasteiger partial charge in [-0.15, -0.1) is 24.0 Å². The summed E-state index contributed by atoms with van der Waals surface area (Å²) >= 11 is 0. The summed E-state index contributed by atoms with van der Waals surface area (Å²) in [7, 11) is 3.50. The number of ether oxygens (including phenoxy) is 2. The molecule has 1 aromatic carbocycles. The van der Waals surface area contributed by atoms with Gasteiger partial charge in [0, 0.05) is 20.1 Å². The van der Waals surface area contributed by atoms with E-state index in [1.54, 1.807) is 19.0 Å². The van der Waals surface area contributed by atoms with Crippen LogP contribution in [0.4, 0.5) is 0 Å². The zero-order valence-electron chi connectivity index (χ0n) is 16.0. The van der Waals surface area contributed by atoms with Crippen LogP contribution in [0.1, 0.15) is 37.7 Å². The van der Waals surface area contributed by atoms with Crippen LogP contribution in [0.2, 0.25) is 0 Å². The van der Waals surface area contributed by atoms with Crippen molar-refractivity contribution in [3.05, 3.63) is 23.8 Å². The molecule has 0 unspecified atom stereocenters. The highest BCUT2D eigenvalue weighted by Gasteiger charge is 2.16. The Bertz CT molecular complexity index is 660. The minimum atomic E-state index is 0. The molecule has 1 saturated carbocycles. The van der Waals surface area contributed by atoms with Crippen molar-refractivity contribution in [1.82, 2.24) is 15.5 Å². The van der Waals surface area contributed by atoms with Crippen LogP contribution in [0.15, 0.2) is 23.2 Å². The van der Waals surface area contributed by atoms with Crippen molar-refractivity contribution in [2.24, 2.45) is 4.99 Å². The van der Waals surface area contributed by atoms with E-state index in [0.29, 0.717) is 18.5 Å². The lowest BCUT2D eigenvalue weighted by molar-refractivity contribution is -0.127. The van der Waals surface area contributed by atoms with Gasteiger partial charge in [0.05, 0.1) is 13.1 Å². The Kier molecular flexibility index (Phi) is 8.46. The molecule has 0 atom stereocenters. The predicted molar refractivity (Wildman–Crippen MR) is 116 cm³/mol. The number of fused-ring (bicyclic) bond motifs is 1. The molecule has 0 bridgehead atoms. The van der Waals surface area contributed by atoms with E-state index in [1.807, 2.05) is 18.2 Å². The molecular weight excluding hydrogens is 459 g/mol. The SMILES string of the molecule is CN(C)C(=O)CNC(=NCc1ccc2c(c1)OCO2)NC1CCCCC1.I. The molecule has 1 amide bonds. The first kappa shape index (κ1) is 21.6. The standard InChI is InChI=1S/C19H28N4O3.HI/c1-23(2)18(24)12-21-19(22-15-6-4-3-5-7-15)20-11-14-8-9-16-17(10-14)26-13-25-16;/h8-10,15H,3-7,11-13H2,1-2H3,(H2,20,21,22);1H. The van der Waals surface area contributed by atoms with Crippen LogP contribution in [-0.2, 0) is 11.3 Å². The second kappa shape index (κ2) is 10.6. The van der Waals surface area contributed by atoms with Crippen molar-refractivity contribution < 1.29 is 14.3 Å². The highest BCUT2D eigenvalue weighted by molar-refractivity contribution is 14.0. The molecule has 0 saturated heterocycles. The second-order valence-electron chi connectivity index (χ2n) is 6.97. The Morgan fingerprint density at radius 2 is 1.93 bits per heavy atom. The first-order chi connectivity index (χ1) is 12.6. The largest absolute Gasteiger partial charge is 0.454 e. The molecule has 7 nitrogen and oxygen atoms in total. The number of benzene rings is 1. The van der Waals surface area contributed by atoms with E-state index in [-0.39, 0.29) is 43.2 Å². The first-order valence-corrected chi connectivity index (χ1v) is 9.25. The smallest absolute Gasteiger partial charge is 0.241 e. The van der Waals surface area contributed by atoms with Crippen LogP contribution in [-0.4, -0.2) is 50.2 Å². The van der Waals surface area contributed by atoms with Crippen LogP contribution in [0, 0.1) is 0 Å². The number of carbonyl (C=O) groups is 1. The lowest BCUT2D eigenvalue weighted by Gasteiger charge is -2.25. The van der Waals surface area contributed by atoms with Crippen LogP contribution in [0.25, 0.3) is 0 Å². The van der Waals surface area contributed by atoms with Crippen molar-refractivity contribution in [1.29, 1.82) is 0 Å². The Morgan fingerprint density at radius 3 is 2.67 bits per heavy atom. The maximum Gasteiger partial charge on any atom is 0.241 e. The van der Waals surface area contributed by atoms with Crippen LogP contribution in [0.5, 0.6) is 11.5 Å². The Hall–Kier alpha value is -1.71. The van der Waals surface area contributed by atoms with E-state index >= 15 is 0 Å². The average molecular weight is 488 g/mol. The number of aliphatic imine (C=N–C) groups is 1. The molecule has 0 spiro atoms. The Balaban J connectivity index is 0.00000261. The quantitative estimate of drug-likeness (QED) is 0.379. The summed E-state index contributed by atoms with van der Waals surface area (Å²) in [5.41, 5.74) is 1.04. The van der Waals surface area contributed by atoms with E-state index in [9.17, 15) is 4.79 Å². The van der Waals surface area contributed by atoms with Gasteiger partial charge < -0.3 is 25.0 Å². The monoisotopic (exact) mass is 488 g/mol. The normalized spacial score (nSPS) is 16.4. The van der Waals surface area contributed by atoms with Gasteiger partial charge in [0.1, 0.15) is 0 Å². The number of carbonyl (C=O) groups excluding carboxylic acids is 1. The maximum atomic E-state index is 11.9. The zero-order valence-corrected chi connectivity index (χ0v) is 18.3. The number of hydrogen-bond donors (Lipinski definition) is 2. The zero-order chi connectivity index (χ0) is 18.4. The number of guanidine groups is 1. The summed E-state index contributed by atoms with van der Waals surface area (Å²) in [6, 6.07) is 6.26. The molecule has 3 rings (SSSR count). The molecule has 1 aliphatic carbocycles. The highest BCUT2D eigenvalue weighted by atomic mass is 127. The third-order valence-electron chi connectivity index (χ3n) is 4.71. The molecule has 8 heteroatoms. The molecule has 1 fully saturated rings. The molecule has 150 valence electrons. The van der Waals surface area contributed by atoms with E-state index in [1.165, 1.54) is 19.3 Å². The van der Waals surface area contributed by atoms with Gasteiger partial charge in [-0.3, -0.25) is 4.79 Å². The van der Waals surface area contributed by atoms with Crippen molar-refractivity contribution >= 4 is 35.8 Å². The minimum Gasteiger partial charge on any atom is -0.454 e. The molecule has 2 aliphatic rings. The number of likely N-dealkylation sites (N-methyl/N-ethyl adjacent to an activating group) is 1. The first-order valence-electron chi connectivity index (χ1n) is 9.25. The number of rotatable bonds is 5. The summed E-state index contributed by atoms with van der Waals surface area (Å²) in [5.74, 6) is 2.24. The van der Waals surface area contributed by atoms with E-state index in [0.717, 1.165) is 29.9 Å². The van der Waals surface area contributed by atoms with Gasteiger partial charge in [0.15, 0.2) is 17.5 Å². The van der Waals surface area contributed by atoms with Crippen molar-refractivity contribution in [3.63, 3.8) is 0 Å². The summed E-state index contributed by atoms with van der Waals surface area (Å²) < 4.78 is 10.8. The third kappa shape index (κ3) is 6.44. The lowest BCUT2D eigenvalue weighted by Crippen LogP contribution is -2.47. The molecule has 0 radical (unpaired) electrons. The van der Waals surface area contributed by atoms with Gasteiger partial charge in [0.2, 0.25) is 12.7 Å². The summed E-state index contributed by atoms with van der Waals surface area (Å²) in [5, 5.41) is 6.65. The number of nitrogens with one attached hydrogen (secondary N) is 2. The van der Waals surface area contributed by atoms with Crippen LogP contribution >= 0.6 is 24.0 Å². The van der Waals surface area contributed by atoms with Gasteiger partial charge in [-0.25, -0.2) is 4.99 Å². The molecule has 1 aliphatic heterocycles. The van der Waals surface area contributed by atoms with Crippen molar-refractivity contribution in [2.75, 3.05) is 27.4 Å². The van der Waals surface area contributed by atoms with Crippen LogP contribution < -0.4 is 20.1 Å². The number of halogens is 1. The number of amides is 1. The third-order valence-corrected chi connectivity index (χ3v) is 4.71. The fraction of sp³-hybridized carbons (Fsp3) is 0.579. The maximum absolute atomic E-state index is 11.9. The fourth-order valence-corrected chi connectivity index (χ4v) is 3.12. The van der Waals surface area contributed by atoms with Crippen molar-refractivity contribution in [3.8, 4) is 11.5 Å². The van der Waals surface area contributed by atoms with E-state index < -0.39 is 0 Å². The van der Waals surface area contributed by atoms with Gasteiger partial charge in [-0.05, 0) is 30.5 Å². The van der Waals surface area contributed by atoms with Crippen molar-refractivity contribution in [2.45, 2.75) is 44.7 Å². The van der Waals surface area contributed by atoms with Gasteiger partial charge in [-0.1, -0.05) is 25.3 Å².